The third-order valence-electron chi connectivity index (χ3n) is 5.89. The van der Waals surface area contributed by atoms with Crippen LogP contribution in [0, 0.1) is 6.92 Å². The monoisotopic (exact) mass is 462 g/mol. The van der Waals surface area contributed by atoms with Gasteiger partial charge in [0.15, 0.2) is 0 Å². The van der Waals surface area contributed by atoms with Crippen molar-refractivity contribution in [2.24, 2.45) is 0 Å². The van der Waals surface area contributed by atoms with Crippen molar-refractivity contribution >= 4 is 29.0 Å². The molecule has 0 radical (unpaired) electrons. The summed E-state index contributed by atoms with van der Waals surface area (Å²) in [5, 5.41) is 10.8. The Kier molecular flexibility index (Phi) is 7.75. The van der Waals surface area contributed by atoms with Gasteiger partial charge in [-0.15, -0.1) is 11.3 Å². The van der Waals surface area contributed by atoms with E-state index in [1.807, 2.05) is 17.5 Å². The van der Waals surface area contributed by atoms with Crippen LogP contribution in [0.3, 0.4) is 0 Å². The number of urea groups is 1. The van der Waals surface area contributed by atoms with Gasteiger partial charge in [0.05, 0.1) is 12.6 Å². The number of amides is 3. The summed E-state index contributed by atoms with van der Waals surface area (Å²) in [7, 11) is 0. The smallest absolute Gasteiger partial charge is 0.319 e. The van der Waals surface area contributed by atoms with Gasteiger partial charge in [-0.05, 0) is 68.1 Å². The Hall–Kier alpha value is -3.16. The number of aryl methyl sites for hydroxylation is 1. The van der Waals surface area contributed by atoms with Crippen molar-refractivity contribution in [3.63, 3.8) is 0 Å². The molecule has 1 aliphatic heterocycles. The SMILES string of the molecule is Cc1ccc(C(CNC(=O)Nc2cccc(C(=O)NCc3cccs3)c2)N2CCCC2)cc1. The first-order chi connectivity index (χ1) is 16.1. The number of nitrogens with one attached hydrogen (secondary N) is 3. The van der Waals surface area contributed by atoms with Gasteiger partial charge in [-0.1, -0.05) is 42.0 Å². The Morgan fingerprint density at radius 1 is 1.00 bits per heavy atom. The van der Waals surface area contributed by atoms with Crippen LogP contribution in [-0.4, -0.2) is 36.5 Å². The number of rotatable bonds is 8. The molecule has 1 saturated heterocycles. The molecular weight excluding hydrogens is 432 g/mol. The summed E-state index contributed by atoms with van der Waals surface area (Å²) in [5.41, 5.74) is 3.54. The first kappa shape index (κ1) is 23.0. The van der Waals surface area contributed by atoms with Crippen molar-refractivity contribution in [2.45, 2.75) is 32.4 Å². The molecular formula is C26H30N4O2S. The van der Waals surface area contributed by atoms with E-state index >= 15 is 0 Å². The van der Waals surface area contributed by atoms with E-state index in [1.165, 1.54) is 24.0 Å². The summed E-state index contributed by atoms with van der Waals surface area (Å²) in [6.07, 6.45) is 2.38. The Morgan fingerprint density at radius 3 is 2.52 bits per heavy atom. The van der Waals surface area contributed by atoms with E-state index in [1.54, 1.807) is 35.6 Å². The third kappa shape index (κ3) is 6.43. The maximum absolute atomic E-state index is 12.6. The van der Waals surface area contributed by atoms with E-state index in [9.17, 15) is 9.59 Å². The molecule has 172 valence electrons. The lowest BCUT2D eigenvalue weighted by molar-refractivity contribution is 0.0951. The van der Waals surface area contributed by atoms with E-state index < -0.39 is 0 Å². The van der Waals surface area contributed by atoms with Gasteiger partial charge in [-0.3, -0.25) is 9.69 Å². The predicted octanol–water partition coefficient (Wildman–Crippen LogP) is 4.95. The van der Waals surface area contributed by atoms with Crippen LogP contribution in [0.15, 0.2) is 66.0 Å². The Bertz CT molecular complexity index is 1060. The highest BCUT2D eigenvalue weighted by Crippen LogP contribution is 2.25. The lowest BCUT2D eigenvalue weighted by Gasteiger charge is -2.28. The summed E-state index contributed by atoms with van der Waals surface area (Å²) in [6.45, 7) is 5.19. The molecule has 7 heteroatoms. The van der Waals surface area contributed by atoms with Crippen molar-refractivity contribution in [3.05, 3.63) is 87.6 Å². The maximum Gasteiger partial charge on any atom is 0.319 e. The molecule has 0 aliphatic carbocycles. The second-order valence-corrected chi connectivity index (χ2v) is 9.38. The molecule has 0 spiro atoms. The van der Waals surface area contributed by atoms with Gasteiger partial charge in [0.2, 0.25) is 0 Å². The summed E-state index contributed by atoms with van der Waals surface area (Å²) < 4.78 is 0. The molecule has 6 nitrogen and oxygen atoms in total. The molecule has 1 aliphatic rings. The number of anilines is 1. The zero-order chi connectivity index (χ0) is 23.0. The minimum atomic E-state index is -0.276. The van der Waals surface area contributed by atoms with E-state index in [2.05, 4.69) is 52.0 Å². The standard InChI is InChI=1S/C26H30N4O2S/c1-19-9-11-20(12-10-19)24(30-13-2-3-14-30)18-28-26(32)29-22-7-4-6-21(16-22)25(31)27-17-23-8-5-15-33-23/h4-12,15-16,24H,2-3,13-14,17-18H2,1H3,(H,27,31)(H2,28,29,32). The van der Waals surface area contributed by atoms with Crippen molar-refractivity contribution in [3.8, 4) is 0 Å². The fraction of sp³-hybridized carbons (Fsp3) is 0.308. The van der Waals surface area contributed by atoms with E-state index in [0.717, 1.165) is 18.0 Å². The summed E-state index contributed by atoms with van der Waals surface area (Å²) in [5.74, 6) is -0.166. The number of hydrogen-bond acceptors (Lipinski definition) is 4. The van der Waals surface area contributed by atoms with E-state index in [0.29, 0.717) is 24.3 Å². The molecule has 1 aromatic heterocycles. The summed E-state index contributed by atoms with van der Waals surface area (Å²) in [6, 6.07) is 19.3. The van der Waals surface area contributed by atoms with Crippen molar-refractivity contribution in [1.29, 1.82) is 0 Å². The van der Waals surface area contributed by atoms with Gasteiger partial charge >= 0.3 is 6.03 Å². The average Bonchev–Trinajstić information content (AvgIpc) is 3.54. The highest BCUT2D eigenvalue weighted by molar-refractivity contribution is 7.09. The molecule has 1 atom stereocenters. The second kappa shape index (κ2) is 11.1. The number of likely N-dealkylation sites (tertiary alicyclic amines) is 1. The fourth-order valence-electron chi connectivity index (χ4n) is 4.09. The third-order valence-corrected chi connectivity index (χ3v) is 6.76. The summed E-state index contributed by atoms with van der Waals surface area (Å²) in [4.78, 5) is 28.6. The summed E-state index contributed by atoms with van der Waals surface area (Å²) >= 11 is 1.60. The molecule has 3 amide bonds. The first-order valence-corrected chi connectivity index (χ1v) is 12.2. The molecule has 33 heavy (non-hydrogen) atoms. The van der Waals surface area contributed by atoms with Crippen LogP contribution in [0.1, 0.15) is 45.2 Å². The Balaban J connectivity index is 1.34. The maximum atomic E-state index is 12.6. The topological polar surface area (TPSA) is 73.5 Å². The molecule has 0 saturated carbocycles. The largest absolute Gasteiger partial charge is 0.347 e. The average molecular weight is 463 g/mol. The minimum absolute atomic E-state index is 0.146. The van der Waals surface area contributed by atoms with Crippen molar-refractivity contribution in [1.82, 2.24) is 15.5 Å². The van der Waals surface area contributed by atoms with Crippen molar-refractivity contribution < 1.29 is 9.59 Å². The van der Waals surface area contributed by atoms with Crippen LogP contribution in [0.2, 0.25) is 0 Å². The van der Waals surface area contributed by atoms with E-state index in [4.69, 9.17) is 0 Å². The quantitative estimate of drug-likeness (QED) is 0.444. The molecule has 4 rings (SSSR count). The first-order valence-electron chi connectivity index (χ1n) is 11.3. The number of carbonyl (C=O) groups is 2. The number of benzene rings is 2. The normalized spacial score (nSPS) is 14.6. The van der Waals surface area contributed by atoms with Gasteiger partial charge < -0.3 is 16.0 Å². The molecule has 1 unspecified atom stereocenters. The number of hydrogen-bond donors (Lipinski definition) is 3. The van der Waals surface area contributed by atoms with E-state index in [-0.39, 0.29) is 18.0 Å². The zero-order valence-corrected chi connectivity index (χ0v) is 19.7. The Morgan fingerprint density at radius 2 is 1.79 bits per heavy atom. The van der Waals surface area contributed by atoms with Crippen LogP contribution in [0.5, 0.6) is 0 Å². The molecule has 3 N–H and O–H groups in total. The molecule has 0 bridgehead atoms. The minimum Gasteiger partial charge on any atom is -0.347 e. The van der Waals surface area contributed by atoms with Gasteiger partial charge in [0, 0.05) is 22.7 Å². The van der Waals surface area contributed by atoms with Crippen LogP contribution in [0.4, 0.5) is 10.5 Å². The Labute approximate surface area is 199 Å². The second-order valence-electron chi connectivity index (χ2n) is 8.35. The van der Waals surface area contributed by atoms with Crippen molar-refractivity contribution in [2.75, 3.05) is 25.0 Å². The van der Waals surface area contributed by atoms with Crippen LogP contribution < -0.4 is 16.0 Å². The zero-order valence-electron chi connectivity index (χ0n) is 18.8. The lowest BCUT2D eigenvalue weighted by Crippen LogP contribution is -2.38. The van der Waals surface area contributed by atoms with Crippen LogP contribution >= 0.6 is 11.3 Å². The molecule has 2 heterocycles. The number of carbonyl (C=O) groups excluding carboxylic acids is 2. The highest BCUT2D eigenvalue weighted by Gasteiger charge is 2.24. The fourth-order valence-corrected chi connectivity index (χ4v) is 4.73. The molecule has 3 aromatic rings. The van der Waals surface area contributed by atoms with Gasteiger partial charge in [-0.25, -0.2) is 4.79 Å². The van der Waals surface area contributed by atoms with Gasteiger partial charge in [0.1, 0.15) is 0 Å². The molecule has 2 aromatic carbocycles. The number of thiophene rings is 1. The van der Waals surface area contributed by atoms with Crippen LogP contribution in [-0.2, 0) is 6.54 Å². The van der Waals surface area contributed by atoms with Gasteiger partial charge in [0.25, 0.3) is 5.91 Å². The van der Waals surface area contributed by atoms with Gasteiger partial charge in [-0.2, -0.15) is 0 Å². The lowest BCUT2D eigenvalue weighted by atomic mass is 10.0. The van der Waals surface area contributed by atoms with Crippen LogP contribution in [0.25, 0.3) is 0 Å². The molecule has 1 fully saturated rings. The number of nitrogens with zero attached hydrogens (tertiary/aromatic N) is 1. The highest BCUT2D eigenvalue weighted by atomic mass is 32.1. The predicted molar refractivity (Wildman–Crippen MR) is 134 cm³/mol.